The molecule has 18 nitrogen and oxygen atoms in total. The molecule has 524 valence electrons. The number of carboxylic acids is 1. The SMILES string of the molecule is C.CC(C)(C)SC[C@H](N)C(=O)OCc1ccccc1.CC(C)[C@H](N)C(=O)C[C@@H](CSC(C)(C)C)C(=O)OCc1ccccc1.CC(C)[C@H](NC(=O)OC(C)(C)C)C(=O)C[C@@H](CSC(C)(C)C)C(=O)OCc1ccccc1.CC(C)[C@H](NC(=O)OC(C)(C)C)C(=O)O.Cl. The van der Waals surface area contributed by atoms with E-state index in [1.165, 1.54) is 0 Å². The number of esters is 3. The van der Waals surface area contributed by atoms with Gasteiger partial charge in [-0.1, -0.05) is 202 Å². The van der Waals surface area contributed by atoms with Crippen LogP contribution in [0.25, 0.3) is 0 Å². The number of benzene rings is 3. The maximum atomic E-state index is 13.1. The topological polar surface area (TPSA) is 279 Å². The molecule has 6 atom stereocenters. The fourth-order valence-electron chi connectivity index (χ4n) is 7.18. The van der Waals surface area contributed by atoms with Gasteiger partial charge in [-0.05, 0) is 76.0 Å². The maximum Gasteiger partial charge on any atom is 0.408 e. The highest BCUT2D eigenvalue weighted by Gasteiger charge is 2.34. The van der Waals surface area contributed by atoms with Gasteiger partial charge in [-0.15, -0.1) is 12.4 Å². The molecule has 92 heavy (non-hydrogen) atoms. The van der Waals surface area contributed by atoms with Crippen LogP contribution in [0.1, 0.15) is 182 Å². The Hall–Kier alpha value is -5.32. The van der Waals surface area contributed by atoms with Crippen LogP contribution < -0.4 is 22.1 Å². The van der Waals surface area contributed by atoms with Gasteiger partial charge >= 0.3 is 36.1 Å². The number of carbonyl (C=O) groups excluding carboxylic acids is 7. The van der Waals surface area contributed by atoms with Crippen LogP contribution in [0.5, 0.6) is 0 Å². The van der Waals surface area contributed by atoms with E-state index in [1.807, 2.05) is 119 Å². The van der Waals surface area contributed by atoms with Crippen LogP contribution in [0.15, 0.2) is 91.0 Å². The van der Waals surface area contributed by atoms with E-state index in [9.17, 15) is 38.4 Å². The van der Waals surface area contributed by atoms with Crippen LogP contribution in [0.2, 0.25) is 0 Å². The molecule has 0 saturated heterocycles. The molecule has 0 heterocycles. The molecule has 2 amide bonds. The molecule has 7 N–H and O–H groups in total. The Kier molecular flexibility index (Phi) is 43.8. The van der Waals surface area contributed by atoms with E-state index in [4.69, 9.17) is 40.3 Å². The van der Waals surface area contributed by atoms with Gasteiger partial charge in [0.05, 0.1) is 23.9 Å². The minimum absolute atomic E-state index is 0. The lowest BCUT2D eigenvalue weighted by Gasteiger charge is -2.27. The van der Waals surface area contributed by atoms with Crippen molar-refractivity contribution in [3.05, 3.63) is 108 Å². The monoisotopic (exact) mass is 1370 g/mol. The molecule has 0 aliphatic carbocycles. The van der Waals surface area contributed by atoms with Gasteiger partial charge in [0.2, 0.25) is 0 Å². The van der Waals surface area contributed by atoms with Crippen molar-refractivity contribution >= 4 is 95.3 Å². The third-order valence-electron chi connectivity index (χ3n) is 12.0. The molecule has 0 bridgehead atoms. The number of halogens is 1. The van der Waals surface area contributed by atoms with Crippen molar-refractivity contribution < 1.29 is 67.1 Å². The van der Waals surface area contributed by atoms with Gasteiger partial charge in [0.15, 0.2) is 11.6 Å². The molecular weight excluding hydrogens is 1250 g/mol. The van der Waals surface area contributed by atoms with Crippen molar-refractivity contribution in [1.29, 1.82) is 0 Å². The number of hydrogen-bond donors (Lipinski definition) is 5. The van der Waals surface area contributed by atoms with E-state index < -0.39 is 71.3 Å². The Bertz CT molecular complexity index is 2620. The van der Waals surface area contributed by atoms with Gasteiger partial charge in [0.1, 0.15) is 43.1 Å². The largest absolute Gasteiger partial charge is 0.480 e. The van der Waals surface area contributed by atoms with E-state index in [0.29, 0.717) is 17.3 Å². The molecule has 0 aliphatic rings. The second-order valence-corrected chi connectivity index (χ2v) is 33.3. The summed E-state index contributed by atoms with van der Waals surface area (Å²) >= 11 is 4.94. The number of ether oxygens (including phenoxy) is 5. The highest BCUT2D eigenvalue weighted by Crippen LogP contribution is 2.30. The van der Waals surface area contributed by atoms with Gasteiger partial charge in [-0.25, -0.2) is 14.4 Å². The fourth-order valence-corrected chi connectivity index (χ4v) is 9.91. The fraction of sp³-hybridized carbons (Fsp3) is 0.629. The average molecular weight is 1370 g/mol. The summed E-state index contributed by atoms with van der Waals surface area (Å²) in [6.45, 7) is 40.8. The highest BCUT2D eigenvalue weighted by atomic mass is 35.5. The summed E-state index contributed by atoms with van der Waals surface area (Å²) in [6, 6.07) is 25.8. The Labute approximate surface area is 571 Å². The molecule has 3 aromatic carbocycles. The minimum Gasteiger partial charge on any atom is -0.480 e. The zero-order valence-electron chi connectivity index (χ0n) is 58.1. The molecule has 0 spiro atoms. The number of aliphatic carboxylic acids is 1. The molecule has 0 aliphatic heterocycles. The van der Waals surface area contributed by atoms with Gasteiger partial charge in [-0.2, -0.15) is 35.3 Å². The number of amides is 2. The second-order valence-electron chi connectivity index (χ2n) is 27.7. The lowest BCUT2D eigenvalue weighted by Crippen LogP contribution is -2.47. The van der Waals surface area contributed by atoms with E-state index in [2.05, 4.69) is 72.9 Å². The molecule has 0 aromatic heterocycles. The average Bonchev–Trinajstić information content (AvgIpc) is 2.93. The summed E-state index contributed by atoms with van der Waals surface area (Å²) in [6.07, 6.45) is -1.22. The van der Waals surface area contributed by atoms with Crippen LogP contribution in [-0.4, -0.2) is 120 Å². The standard InChI is InChI=1S/C25H39NO5S.C20H31NO3S.C14H21NO2S.C10H19NO4.CH4.ClH/c1-17(2)21(26-23(29)31-24(3,4)5)20(27)14-19(16-32-25(6,7)8)22(28)30-15-18-12-10-9-11-13-18;1-14(2)18(21)17(22)11-16(13-25-20(3,4)5)19(23)24-12-15-9-7-6-8-10-15;1-14(2,3)18-10-12(15)13(16)17-9-11-7-5-4-6-8-11;1-6(2)7(8(12)13)11-9(14)15-10(3,4)5;;/h9-13,17,19,21H,14-16H2,1-8H3,(H,26,29);6-10,14,16,18H,11-13,21H2,1-5H3;4-8,12H,9-10,15H2,1-3H3;6-7H,1-5H3,(H,11,14)(H,12,13);1H4;1H/t19-,21-;16-,18-;12-;7-;;/m0000../s1. The van der Waals surface area contributed by atoms with Crippen LogP contribution in [0.4, 0.5) is 9.59 Å². The number of Topliss-reactive ketones (excluding diaryl/α,β-unsaturated/α-hetero) is 2. The highest BCUT2D eigenvalue weighted by molar-refractivity contribution is 8.01. The number of rotatable bonds is 27. The van der Waals surface area contributed by atoms with E-state index >= 15 is 0 Å². The summed E-state index contributed by atoms with van der Waals surface area (Å²) in [4.78, 5) is 96.8. The third-order valence-corrected chi connectivity index (χ3v) is 16.3. The Morgan fingerprint density at radius 1 is 0.446 bits per heavy atom. The van der Waals surface area contributed by atoms with Crippen molar-refractivity contribution in [3.63, 3.8) is 0 Å². The van der Waals surface area contributed by atoms with Crippen LogP contribution in [-0.2, 0) is 72.3 Å². The first kappa shape index (κ1) is 90.9. The third kappa shape index (κ3) is 45.9. The second kappa shape index (κ2) is 44.4. The number of ketones is 2. The molecular formula is C70H115ClN4O14S3. The van der Waals surface area contributed by atoms with Gasteiger partial charge in [0.25, 0.3) is 0 Å². The van der Waals surface area contributed by atoms with Gasteiger partial charge in [-0.3, -0.25) is 24.0 Å². The molecule has 0 saturated carbocycles. The van der Waals surface area contributed by atoms with Gasteiger partial charge in [0, 0.05) is 44.3 Å². The quantitative estimate of drug-likeness (QED) is 0.0350. The van der Waals surface area contributed by atoms with E-state index in [1.54, 1.807) is 90.7 Å². The minimum atomic E-state index is -1.06. The number of hydrogen-bond acceptors (Lipinski definition) is 18. The molecule has 0 unspecified atom stereocenters. The number of nitrogens with one attached hydrogen (secondary N) is 2. The number of carboxylic acid groups (broad SMARTS) is 1. The normalized spacial score (nSPS) is 13.5. The zero-order chi connectivity index (χ0) is 69.4. The van der Waals surface area contributed by atoms with Crippen molar-refractivity contribution in [1.82, 2.24) is 10.6 Å². The first-order chi connectivity index (χ1) is 41.3. The van der Waals surface area contributed by atoms with Crippen LogP contribution in [0.3, 0.4) is 0 Å². The van der Waals surface area contributed by atoms with Gasteiger partial charge < -0.3 is 50.9 Å². The van der Waals surface area contributed by atoms with Crippen LogP contribution >= 0.6 is 47.7 Å². The number of carbonyl (C=O) groups is 8. The molecule has 0 fully saturated rings. The molecule has 0 radical (unpaired) electrons. The smallest absolute Gasteiger partial charge is 0.408 e. The molecule has 22 heteroatoms. The van der Waals surface area contributed by atoms with Crippen molar-refractivity contribution in [2.75, 3.05) is 17.3 Å². The predicted molar refractivity (Wildman–Crippen MR) is 380 cm³/mol. The predicted octanol–water partition coefficient (Wildman–Crippen LogP) is 14.5. The summed E-state index contributed by atoms with van der Waals surface area (Å²) in [7, 11) is 0. The molecule has 3 rings (SSSR count). The first-order valence-corrected chi connectivity index (χ1v) is 33.6. The van der Waals surface area contributed by atoms with E-state index in [-0.39, 0.29) is 108 Å². The number of nitrogens with two attached hydrogens (primary N) is 2. The summed E-state index contributed by atoms with van der Waals surface area (Å²) < 4.78 is 26.5. The Morgan fingerprint density at radius 2 is 0.739 bits per heavy atom. The summed E-state index contributed by atoms with van der Waals surface area (Å²) in [5.41, 5.74) is 13.3. The van der Waals surface area contributed by atoms with Crippen molar-refractivity contribution in [2.45, 2.75) is 235 Å². The van der Waals surface area contributed by atoms with E-state index in [0.717, 1.165) is 16.7 Å². The molecule has 3 aromatic rings. The lowest BCUT2D eigenvalue weighted by atomic mass is 9.93. The van der Waals surface area contributed by atoms with Crippen LogP contribution in [0, 0.1) is 29.6 Å². The first-order valence-electron chi connectivity index (χ1n) is 30.6. The van der Waals surface area contributed by atoms with Crippen molar-refractivity contribution in [2.24, 2.45) is 41.1 Å². The summed E-state index contributed by atoms with van der Waals surface area (Å²) in [5.74, 6) is -2.17. The maximum absolute atomic E-state index is 13.1. The Balaban J connectivity index is -0.00000119. The zero-order valence-corrected chi connectivity index (χ0v) is 61.3. The number of thioether (sulfide) groups is 3. The summed E-state index contributed by atoms with van der Waals surface area (Å²) in [5, 5.41) is 13.8. The number of alkyl carbamates (subject to hydrolysis) is 2. The Morgan fingerprint density at radius 3 is 1.02 bits per heavy atom. The van der Waals surface area contributed by atoms with Crippen molar-refractivity contribution in [3.8, 4) is 0 Å². The lowest BCUT2D eigenvalue weighted by molar-refractivity contribution is -0.151.